The van der Waals surface area contributed by atoms with Gasteiger partial charge in [-0.1, -0.05) is 0 Å². The second kappa shape index (κ2) is 8.00. The number of carbonyl (C=O) groups is 3. The smallest absolute Gasteiger partial charge is 0.410 e. The summed E-state index contributed by atoms with van der Waals surface area (Å²) in [5.74, 6) is 0.0472. The lowest BCUT2D eigenvalue weighted by atomic mass is 10.1. The van der Waals surface area contributed by atoms with Gasteiger partial charge in [-0.3, -0.25) is 4.79 Å². The van der Waals surface area contributed by atoms with Gasteiger partial charge in [-0.15, -0.1) is 0 Å². The fourth-order valence-electron chi connectivity index (χ4n) is 2.12. The van der Waals surface area contributed by atoms with E-state index in [9.17, 15) is 14.4 Å². The predicted molar refractivity (Wildman–Crippen MR) is 82.7 cm³/mol. The predicted octanol–water partition coefficient (Wildman–Crippen LogP) is 1.66. The third kappa shape index (κ3) is 7.28. The number of Topliss-reactive ketones (excluding diaryl/α,β-unsaturated/α-hetero) is 1. The molecule has 2 N–H and O–H groups in total. The molecule has 0 unspecified atom stereocenters. The van der Waals surface area contributed by atoms with Crippen molar-refractivity contribution < 1.29 is 19.1 Å². The van der Waals surface area contributed by atoms with Crippen LogP contribution in [-0.4, -0.2) is 54.1 Å². The van der Waals surface area contributed by atoms with E-state index in [-0.39, 0.29) is 23.9 Å². The number of carbonyl (C=O) groups excluding carboxylic acids is 3. The molecule has 0 aromatic carbocycles. The van der Waals surface area contributed by atoms with Crippen LogP contribution in [0.1, 0.15) is 47.0 Å². The number of piperidine rings is 1. The lowest BCUT2D eigenvalue weighted by molar-refractivity contribution is -0.116. The summed E-state index contributed by atoms with van der Waals surface area (Å²) in [7, 11) is 0. The molecule has 1 aliphatic rings. The average molecular weight is 313 g/mol. The van der Waals surface area contributed by atoms with Crippen LogP contribution >= 0.6 is 0 Å². The minimum atomic E-state index is -0.497. The van der Waals surface area contributed by atoms with Crippen molar-refractivity contribution in [1.29, 1.82) is 0 Å². The molecule has 0 aromatic rings. The van der Waals surface area contributed by atoms with Gasteiger partial charge in [0.1, 0.15) is 11.4 Å². The summed E-state index contributed by atoms with van der Waals surface area (Å²) < 4.78 is 5.32. The van der Waals surface area contributed by atoms with E-state index in [0.717, 1.165) is 0 Å². The van der Waals surface area contributed by atoms with Crippen LogP contribution in [0.15, 0.2) is 0 Å². The molecule has 0 radical (unpaired) electrons. The van der Waals surface area contributed by atoms with Gasteiger partial charge in [0.2, 0.25) is 0 Å². The second-order valence-corrected chi connectivity index (χ2v) is 6.59. The Labute approximate surface area is 131 Å². The summed E-state index contributed by atoms with van der Waals surface area (Å²) in [5.41, 5.74) is -0.497. The molecule has 1 rings (SSSR count). The van der Waals surface area contributed by atoms with Crippen LogP contribution < -0.4 is 10.6 Å². The van der Waals surface area contributed by atoms with Crippen molar-refractivity contribution >= 4 is 17.9 Å². The van der Waals surface area contributed by atoms with E-state index in [1.165, 1.54) is 6.92 Å². The Morgan fingerprint density at radius 1 is 1.18 bits per heavy atom. The van der Waals surface area contributed by atoms with Gasteiger partial charge in [-0.25, -0.2) is 9.59 Å². The third-order valence-corrected chi connectivity index (χ3v) is 3.24. The SMILES string of the molecule is CC(=O)CCNC(=O)NC1CCN(C(=O)OC(C)(C)C)CC1. The molecule has 0 spiro atoms. The first-order valence-corrected chi connectivity index (χ1v) is 7.69. The van der Waals surface area contributed by atoms with E-state index >= 15 is 0 Å². The summed E-state index contributed by atoms with van der Waals surface area (Å²) >= 11 is 0. The fourth-order valence-corrected chi connectivity index (χ4v) is 2.12. The molecule has 1 saturated heterocycles. The average Bonchev–Trinajstić information content (AvgIpc) is 2.37. The Bertz CT molecular complexity index is 410. The fraction of sp³-hybridized carbons (Fsp3) is 0.800. The van der Waals surface area contributed by atoms with Gasteiger partial charge in [-0.2, -0.15) is 0 Å². The number of nitrogens with one attached hydrogen (secondary N) is 2. The number of ether oxygens (including phenoxy) is 1. The molecule has 22 heavy (non-hydrogen) atoms. The van der Waals surface area contributed by atoms with E-state index in [1.807, 2.05) is 20.8 Å². The minimum absolute atomic E-state index is 0.0380. The first-order valence-electron chi connectivity index (χ1n) is 7.69. The summed E-state index contributed by atoms with van der Waals surface area (Å²) in [6.45, 7) is 8.48. The summed E-state index contributed by atoms with van der Waals surface area (Å²) in [6.07, 6.45) is 1.42. The molecular formula is C15H27N3O4. The maximum absolute atomic E-state index is 11.9. The molecule has 0 atom stereocenters. The number of hydrogen-bond donors (Lipinski definition) is 2. The topological polar surface area (TPSA) is 87.7 Å². The molecular weight excluding hydrogens is 286 g/mol. The zero-order valence-electron chi connectivity index (χ0n) is 13.9. The zero-order valence-corrected chi connectivity index (χ0v) is 13.9. The van der Waals surface area contributed by atoms with Crippen molar-refractivity contribution in [3.63, 3.8) is 0 Å². The van der Waals surface area contributed by atoms with Crippen molar-refractivity contribution in [3.05, 3.63) is 0 Å². The Kier molecular flexibility index (Phi) is 6.64. The molecule has 126 valence electrons. The molecule has 7 nitrogen and oxygen atoms in total. The van der Waals surface area contributed by atoms with Crippen LogP contribution in [0.3, 0.4) is 0 Å². The summed E-state index contributed by atoms with van der Waals surface area (Å²) in [4.78, 5) is 36.0. The van der Waals surface area contributed by atoms with Gasteiger partial charge < -0.3 is 20.3 Å². The van der Waals surface area contributed by atoms with Gasteiger partial charge in [0, 0.05) is 32.1 Å². The summed E-state index contributed by atoms with van der Waals surface area (Å²) in [6, 6.07) is -0.229. The molecule has 0 aromatic heterocycles. The number of amides is 3. The van der Waals surface area contributed by atoms with Crippen molar-refractivity contribution in [2.75, 3.05) is 19.6 Å². The normalized spacial score (nSPS) is 16.1. The van der Waals surface area contributed by atoms with Crippen LogP contribution in [0.25, 0.3) is 0 Å². The number of hydrogen-bond acceptors (Lipinski definition) is 4. The maximum Gasteiger partial charge on any atom is 0.410 e. The molecule has 0 bridgehead atoms. The van der Waals surface area contributed by atoms with E-state index in [4.69, 9.17) is 4.74 Å². The maximum atomic E-state index is 11.9. The van der Waals surface area contributed by atoms with Gasteiger partial charge in [0.05, 0.1) is 0 Å². The first kappa shape index (κ1) is 18.3. The standard InChI is InChI=1S/C15H27N3O4/c1-11(19)5-8-16-13(20)17-12-6-9-18(10-7-12)14(21)22-15(2,3)4/h12H,5-10H2,1-4H3,(H2,16,17,20). The van der Waals surface area contributed by atoms with Gasteiger partial charge >= 0.3 is 12.1 Å². The molecule has 0 saturated carbocycles. The minimum Gasteiger partial charge on any atom is -0.444 e. The monoisotopic (exact) mass is 313 g/mol. The molecule has 0 aliphatic carbocycles. The van der Waals surface area contributed by atoms with Gasteiger partial charge in [0.25, 0.3) is 0 Å². The molecule has 1 fully saturated rings. The van der Waals surface area contributed by atoms with Crippen LogP contribution in [0.4, 0.5) is 9.59 Å². The van der Waals surface area contributed by atoms with Crippen LogP contribution in [-0.2, 0) is 9.53 Å². The van der Waals surface area contributed by atoms with Crippen LogP contribution in [0, 0.1) is 0 Å². The van der Waals surface area contributed by atoms with Gasteiger partial charge in [-0.05, 0) is 40.5 Å². The highest BCUT2D eigenvalue weighted by Crippen LogP contribution is 2.15. The highest BCUT2D eigenvalue weighted by Gasteiger charge is 2.27. The Balaban J connectivity index is 2.26. The Morgan fingerprint density at radius 2 is 1.77 bits per heavy atom. The van der Waals surface area contributed by atoms with E-state index in [2.05, 4.69) is 10.6 Å². The third-order valence-electron chi connectivity index (χ3n) is 3.24. The lowest BCUT2D eigenvalue weighted by Gasteiger charge is -2.33. The van der Waals surface area contributed by atoms with Crippen molar-refractivity contribution in [3.8, 4) is 0 Å². The number of nitrogens with zero attached hydrogens (tertiary/aromatic N) is 1. The van der Waals surface area contributed by atoms with E-state index in [1.54, 1.807) is 4.90 Å². The van der Waals surface area contributed by atoms with Crippen molar-refractivity contribution in [2.24, 2.45) is 0 Å². The molecule has 1 heterocycles. The van der Waals surface area contributed by atoms with Gasteiger partial charge in [0.15, 0.2) is 0 Å². The Morgan fingerprint density at radius 3 is 2.27 bits per heavy atom. The zero-order chi connectivity index (χ0) is 16.8. The van der Waals surface area contributed by atoms with Crippen molar-refractivity contribution in [1.82, 2.24) is 15.5 Å². The molecule has 3 amide bonds. The number of ketones is 1. The first-order chi connectivity index (χ1) is 10.2. The highest BCUT2D eigenvalue weighted by atomic mass is 16.6. The quantitative estimate of drug-likeness (QED) is 0.826. The number of rotatable bonds is 4. The van der Waals surface area contributed by atoms with E-state index < -0.39 is 5.60 Å². The van der Waals surface area contributed by atoms with Crippen molar-refractivity contribution in [2.45, 2.75) is 58.6 Å². The molecule has 7 heteroatoms. The largest absolute Gasteiger partial charge is 0.444 e. The van der Waals surface area contributed by atoms with E-state index in [0.29, 0.717) is 38.9 Å². The van der Waals surface area contributed by atoms with Crippen LogP contribution in [0.5, 0.6) is 0 Å². The highest BCUT2D eigenvalue weighted by molar-refractivity contribution is 5.78. The second-order valence-electron chi connectivity index (χ2n) is 6.59. The number of likely N-dealkylation sites (tertiary alicyclic amines) is 1. The molecule has 1 aliphatic heterocycles. The van der Waals surface area contributed by atoms with Crippen LogP contribution in [0.2, 0.25) is 0 Å². The Hall–Kier alpha value is -1.79. The summed E-state index contributed by atoms with van der Waals surface area (Å²) in [5, 5.41) is 5.51. The lowest BCUT2D eigenvalue weighted by Crippen LogP contribution is -2.50. The number of urea groups is 1.